The Balaban J connectivity index is 2.35. The molecule has 0 bridgehead atoms. The molecule has 0 aliphatic heterocycles. The molecule has 1 saturated carbocycles. The number of hydrogen-bond donors (Lipinski definition) is 2. The minimum Gasteiger partial charge on any atom is -0.480 e. The summed E-state index contributed by atoms with van der Waals surface area (Å²) in [7, 11) is -4.10. The van der Waals surface area contributed by atoms with Gasteiger partial charge in [0.2, 0.25) is 10.0 Å². The first-order valence-electron chi connectivity index (χ1n) is 5.89. The summed E-state index contributed by atoms with van der Waals surface area (Å²) in [5.41, 5.74) is -1.57. The molecule has 0 spiro atoms. The molecule has 0 saturated heterocycles. The molecule has 0 amide bonds. The highest BCUT2D eigenvalue weighted by molar-refractivity contribution is 9.10. The van der Waals surface area contributed by atoms with E-state index in [0.29, 0.717) is 12.8 Å². The minimum absolute atomic E-state index is 0.139. The van der Waals surface area contributed by atoms with Crippen molar-refractivity contribution in [1.29, 1.82) is 0 Å². The average molecular weight is 366 g/mol. The van der Waals surface area contributed by atoms with Crippen molar-refractivity contribution in [3.05, 3.63) is 28.5 Å². The second-order valence-corrected chi connectivity index (χ2v) is 7.50. The van der Waals surface area contributed by atoms with Gasteiger partial charge in [-0.1, -0.05) is 0 Å². The fraction of sp³-hybridized carbons (Fsp3) is 0.417. The molecule has 5 nitrogen and oxygen atoms in total. The van der Waals surface area contributed by atoms with Crippen molar-refractivity contribution in [3.8, 4) is 0 Å². The summed E-state index contributed by atoms with van der Waals surface area (Å²) >= 11 is 2.93. The van der Waals surface area contributed by atoms with Crippen LogP contribution in [0.5, 0.6) is 0 Å². The molecule has 2 N–H and O–H groups in total. The maximum atomic E-state index is 13.4. The number of benzene rings is 1. The van der Waals surface area contributed by atoms with E-state index in [1.165, 1.54) is 19.1 Å². The molecule has 1 fully saturated rings. The second kappa shape index (κ2) is 5.09. The smallest absolute Gasteiger partial charge is 0.324 e. The molecule has 20 heavy (non-hydrogen) atoms. The van der Waals surface area contributed by atoms with Gasteiger partial charge in [-0.15, -0.1) is 0 Å². The predicted molar refractivity (Wildman–Crippen MR) is 73.2 cm³/mol. The largest absolute Gasteiger partial charge is 0.480 e. The van der Waals surface area contributed by atoms with Crippen LogP contribution >= 0.6 is 15.9 Å². The Morgan fingerprint density at radius 3 is 2.55 bits per heavy atom. The Kier molecular flexibility index (Phi) is 3.92. The molecule has 1 aromatic rings. The first-order chi connectivity index (χ1) is 9.17. The van der Waals surface area contributed by atoms with Crippen LogP contribution < -0.4 is 4.72 Å². The fourth-order valence-electron chi connectivity index (χ4n) is 1.94. The Morgan fingerprint density at radius 1 is 1.50 bits per heavy atom. The Morgan fingerprint density at radius 2 is 2.10 bits per heavy atom. The van der Waals surface area contributed by atoms with Gasteiger partial charge in [-0.2, -0.15) is 4.72 Å². The summed E-state index contributed by atoms with van der Waals surface area (Å²) in [5.74, 6) is -2.20. The van der Waals surface area contributed by atoms with Gasteiger partial charge in [-0.3, -0.25) is 4.79 Å². The van der Waals surface area contributed by atoms with Crippen LogP contribution in [-0.4, -0.2) is 25.0 Å². The highest BCUT2D eigenvalue weighted by atomic mass is 79.9. The van der Waals surface area contributed by atoms with Gasteiger partial charge >= 0.3 is 5.97 Å². The first kappa shape index (κ1) is 15.4. The lowest BCUT2D eigenvalue weighted by Gasteiger charge is -2.25. The molecule has 8 heteroatoms. The van der Waals surface area contributed by atoms with Crippen LogP contribution in [0, 0.1) is 11.7 Å². The first-order valence-corrected chi connectivity index (χ1v) is 8.17. The van der Waals surface area contributed by atoms with E-state index in [4.69, 9.17) is 0 Å². The standard InChI is InChI=1S/C12H13BrFNO4S/c1-12(11(16)17,7-2-3-7)15-20(18,19)8-4-5-9(13)10(14)6-8/h4-7,15H,2-3H2,1H3,(H,16,17). The topological polar surface area (TPSA) is 83.5 Å². The van der Waals surface area contributed by atoms with Crippen molar-refractivity contribution in [1.82, 2.24) is 4.72 Å². The average Bonchev–Trinajstić information content (AvgIpc) is 3.15. The van der Waals surface area contributed by atoms with Crippen LogP contribution in [0.2, 0.25) is 0 Å². The molecule has 1 aromatic carbocycles. The summed E-state index contributed by atoms with van der Waals surface area (Å²) in [6, 6.07) is 3.32. The van der Waals surface area contributed by atoms with Crippen molar-refractivity contribution in [2.75, 3.05) is 0 Å². The molecule has 1 aliphatic rings. The third-order valence-corrected chi connectivity index (χ3v) is 5.60. The molecule has 1 unspecified atom stereocenters. The lowest BCUT2D eigenvalue weighted by atomic mass is 9.98. The molecular formula is C12H13BrFNO4S. The lowest BCUT2D eigenvalue weighted by molar-refractivity contribution is -0.144. The van der Waals surface area contributed by atoms with Crippen molar-refractivity contribution in [2.24, 2.45) is 5.92 Å². The molecular weight excluding hydrogens is 353 g/mol. The van der Waals surface area contributed by atoms with Crippen molar-refractivity contribution in [2.45, 2.75) is 30.2 Å². The number of carboxylic acids is 1. The molecule has 0 heterocycles. The van der Waals surface area contributed by atoms with Gasteiger partial charge in [0.1, 0.15) is 11.4 Å². The number of hydrogen-bond acceptors (Lipinski definition) is 3. The van der Waals surface area contributed by atoms with Crippen LogP contribution in [0.3, 0.4) is 0 Å². The van der Waals surface area contributed by atoms with E-state index in [9.17, 15) is 22.7 Å². The highest BCUT2D eigenvalue weighted by Gasteiger charge is 2.50. The number of carbonyl (C=O) groups is 1. The summed E-state index contributed by atoms with van der Waals surface area (Å²) in [6.07, 6.45) is 1.31. The fourth-order valence-corrected chi connectivity index (χ4v) is 3.63. The van der Waals surface area contributed by atoms with E-state index in [0.717, 1.165) is 6.07 Å². The minimum atomic E-state index is -4.10. The second-order valence-electron chi connectivity index (χ2n) is 4.96. The maximum Gasteiger partial charge on any atom is 0.324 e. The lowest BCUT2D eigenvalue weighted by Crippen LogP contribution is -2.53. The number of sulfonamides is 1. The quantitative estimate of drug-likeness (QED) is 0.836. The predicted octanol–water partition coefficient (Wildman–Crippen LogP) is 2.12. The number of nitrogens with one attached hydrogen (secondary N) is 1. The van der Waals surface area contributed by atoms with E-state index < -0.39 is 27.3 Å². The third-order valence-electron chi connectivity index (χ3n) is 3.39. The molecule has 1 aliphatic carbocycles. The summed E-state index contributed by atoms with van der Waals surface area (Å²) < 4.78 is 40.1. The van der Waals surface area contributed by atoms with Crippen molar-refractivity contribution >= 4 is 31.9 Å². The van der Waals surface area contributed by atoms with Crippen LogP contribution in [0.1, 0.15) is 19.8 Å². The van der Waals surface area contributed by atoms with Crippen molar-refractivity contribution < 1.29 is 22.7 Å². The van der Waals surface area contributed by atoms with E-state index in [1.54, 1.807) is 0 Å². The number of aliphatic carboxylic acids is 1. The molecule has 0 aromatic heterocycles. The van der Waals surface area contributed by atoms with E-state index >= 15 is 0 Å². The van der Waals surface area contributed by atoms with E-state index in [-0.39, 0.29) is 15.3 Å². The zero-order chi connectivity index (χ0) is 15.1. The molecule has 1 atom stereocenters. The normalized spacial score (nSPS) is 18.6. The maximum absolute atomic E-state index is 13.4. The third kappa shape index (κ3) is 2.87. The Bertz CT molecular complexity index is 659. The highest BCUT2D eigenvalue weighted by Crippen LogP contribution is 2.40. The van der Waals surface area contributed by atoms with E-state index in [1.807, 2.05) is 0 Å². The van der Waals surface area contributed by atoms with Gasteiger partial charge in [0.15, 0.2) is 0 Å². The van der Waals surface area contributed by atoms with Crippen LogP contribution in [0.25, 0.3) is 0 Å². The summed E-state index contributed by atoms with van der Waals surface area (Å²) in [6.45, 7) is 1.33. The van der Waals surface area contributed by atoms with Gasteiger partial charge in [-0.25, -0.2) is 12.8 Å². The van der Waals surface area contributed by atoms with Crippen LogP contribution in [-0.2, 0) is 14.8 Å². The zero-order valence-electron chi connectivity index (χ0n) is 10.6. The van der Waals surface area contributed by atoms with Crippen LogP contribution in [0.4, 0.5) is 4.39 Å². The summed E-state index contributed by atoms with van der Waals surface area (Å²) in [4.78, 5) is 11.0. The van der Waals surface area contributed by atoms with Gasteiger partial charge in [0.05, 0.1) is 9.37 Å². The Hall–Kier alpha value is -0.990. The molecule has 110 valence electrons. The number of carboxylic acid groups (broad SMARTS) is 1. The van der Waals surface area contributed by atoms with Crippen molar-refractivity contribution in [3.63, 3.8) is 0 Å². The zero-order valence-corrected chi connectivity index (χ0v) is 13.0. The van der Waals surface area contributed by atoms with Gasteiger partial charge in [-0.05, 0) is 59.8 Å². The number of halogens is 2. The van der Waals surface area contributed by atoms with Crippen LogP contribution in [0.15, 0.2) is 27.6 Å². The monoisotopic (exact) mass is 365 g/mol. The Labute approximate surface area is 124 Å². The summed E-state index contributed by atoms with van der Waals surface area (Å²) in [5, 5.41) is 9.24. The molecule has 0 radical (unpaired) electrons. The van der Waals surface area contributed by atoms with Gasteiger partial charge in [0.25, 0.3) is 0 Å². The molecule has 2 rings (SSSR count). The van der Waals surface area contributed by atoms with Gasteiger partial charge < -0.3 is 5.11 Å². The SMILES string of the molecule is CC(NS(=O)(=O)c1ccc(Br)c(F)c1)(C(=O)O)C1CC1. The number of rotatable bonds is 5. The van der Waals surface area contributed by atoms with E-state index in [2.05, 4.69) is 20.7 Å². The van der Waals surface area contributed by atoms with Gasteiger partial charge in [0, 0.05) is 0 Å².